The highest BCUT2D eigenvalue weighted by Gasteiger charge is 2.35. The zero-order chi connectivity index (χ0) is 16.2. The van der Waals surface area contributed by atoms with Crippen molar-refractivity contribution in [2.75, 3.05) is 0 Å². The summed E-state index contributed by atoms with van der Waals surface area (Å²) in [4.78, 5) is 12.7. The normalized spacial score (nSPS) is 28.5. The summed E-state index contributed by atoms with van der Waals surface area (Å²) in [5.41, 5.74) is -0.292. The molecule has 0 amide bonds. The number of ether oxygens (including phenoxy) is 1. The van der Waals surface area contributed by atoms with E-state index in [1.54, 1.807) is 0 Å². The Morgan fingerprint density at radius 3 is 2.41 bits per heavy atom. The maximum atomic E-state index is 12.7. The van der Waals surface area contributed by atoms with Crippen molar-refractivity contribution in [3.63, 3.8) is 0 Å². The molecule has 2 heteroatoms. The van der Waals surface area contributed by atoms with Crippen LogP contribution in [0.25, 0.3) is 0 Å². The number of carbonyl (C=O) groups is 1. The molecule has 0 bridgehead atoms. The quantitative estimate of drug-likeness (QED) is 0.585. The smallest absolute Gasteiger partial charge is 0.309 e. The summed E-state index contributed by atoms with van der Waals surface area (Å²) >= 11 is 0. The highest BCUT2D eigenvalue weighted by Crippen LogP contribution is 2.38. The van der Waals surface area contributed by atoms with Gasteiger partial charge in [0, 0.05) is 0 Å². The van der Waals surface area contributed by atoms with E-state index in [2.05, 4.69) is 27.7 Å². The van der Waals surface area contributed by atoms with Gasteiger partial charge in [-0.1, -0.05) is 52.4 Å². The van der Waals surface area contributed by atoms with Crippen LogP contribution in [0.15, 0.2) is 0 Å². The first-order valence-electron chi connectivity index (χ1n) is 9.64. The second-order valence-electron chi connectivity index (χ2n) is 8.58. The van der Waals surface area contributed by atoms with Gasteiger partial charge in [-0.05, 0) is 57.3 Å². The van der Waals surface area contributed by atoms with E-state index < -0.39 is 0 Å². The Balaban J connectivity index is 1.89. The molecule has 2 rings (SSSR count). The Hall–Kier alpha value is -0.530. The first-order chi connectivity index (χ1) is 10.4. The van der Waals surface area contributed by atoms with E-state index in [4.69, 9.17) is 4.74 Å². The van der Waals surface area contributed by atoms with E-state index in [-0.39, 0.29) is 17.5 Å². The largest absolute Gasteiger partial charge is 0.459 e. The second kappa shape index (κ2) is 7.84. The molecule has 0 aromatic carbocycles. The molecule has 2 aliphatic rings. The molecule has 3 atom stereocenters. The first-order valence-corrected chi connectivity index (χ1v) is 9.64. The maximum absolute atomic E-state index is 12.7. The van der Waals surface area contributed by atoms with Crippen molar-refractivity contribution in [2.24, 2.45) is 23.7 Å². The number of carbonyl (C=O) groups excluding carboxylic acids is 1. The van der Waals surface area contributed by atoms with Gasteiger partial charge in [-0.15, -0.1) is 0 Å². The van der Waals surface area contributed by atoms with E-state index in [0.29, 0.717) is 5.92 Å². The minimum Gasteiger partial charge on any atom is -0.459 e. The Bertz CT molecular complexity index is 355. The molecule has 3 unspecified atom stereocenters. The van der Waals surface area contributed by atoms with Crippen LogP contribution < -0.4 is 0 Å². The minimum absolute atomic E-state index is 0.0737. The highest BCUT2D eigenvalue weighted by molar-refractivity contribution is 5.73. The minimum atomic E-state index is -0.292. The van der Waals surface area contributed by atoms with Crippen molar-refractivity contribution in [2.45, 2.75) is 97.5 Å². The number of hydrogen-bond donors (Lipinski definition) is 0. The van der Waals surface area contributed by atoms with Gasteiger partial charge in [0.2, 0.25) is 0 Å². The Kier molecular flexibility index (Phi) is 6.35. The predicted octanol–water partition coefficient (Wildman–Crippen LogP) is 5.74. The predicted molar refractivity (Wildman–Crippen MR) is 91.6 cm³/mol. The first kappa shape index (κ1) is 17.8. The lowest BCUT2D eigenvalue weighted by Crippen LogP contribution is -2.36. The molecule has 22 heavy (non-hydrogen) atoms. The molecule has 2 saturated carbocycles. The third kappa shape index (κ3) is 4.99. The van der Waals surface area contributed by atoms with Crippen LogP contribution >= 0.6 is 0 Å². The van der Waals surface area contributed by atoms with Crippen LogP contribution in [-0.2, 0) is 9.53 Å². The standard InChI is InChI=1S/C20H36O2/c1-5-18(17-12-8-9-15(2)13-17)19(21)22-20(3,4)14-16-10-6-7-11-16/h15-18H,5-14H2,1-4H3. The molecule has 0 saturated heterocycles. The van der Waals surface area contributed by atoms with Crippen molar-refractivity contribution >= 4 is 5.97 Å². The van der Waals surface area contributed by atoms with Gasteiger partial charge in [0.05, 0.1) is 5.92 Å². The number of hydrogen-bond acceptors (Lipinski definition) is 2. The summed E-state index contributed by atoms with van der Waals surface area (Å²) in [5.74, 6) is 2.27. The summed E-state index contributed by atoms with van der Waals surface area (Å²) < 4.78 is 6.00. The van der Waals surface area contributed by atoms with Crippen molar-refractivity contribution in [3.8, 4) is 0 Å². The van der Waals surface area contributed by atoms with Crippen LogP contribution in [0.2, 0.25) is 0 Å². The van der Waals surface area contributed by atoms with E-state index in [0.717, 1.165) is 24.7 Å². The number of esters is 1. The molecule has 0 N–H and O–H groups in total. The summed E-state index contributed by atoms with van der Waals surface area (Å²) in [6, 6.07) is 0. The Morgan fingerprint density at radius 2 is 1.82 bits per heavy atom. The van der Waals surface area contributed by atoms with E-state index in [1.807, 2.05) is 0 Å². The molecule has 0 aromatic heterocycles. The fourth-order valence-corrected chi connectivity index (χ4v) is 4.84. The molecule has 0 heterocycles. The Labute approximate surface area is 137 Å². The lowest BCUT2D eigenvalue weighted by Gasteiger charge is -2.35. The van der Waals surface area contributed by atoms with Crippen LogP contribution in [0, 0.1) is 23.7 Å². The van der Waals surface area contributed by atoms with E-state index >= 15 is 0 Å². The molecule has 128 valence electrons. The van der Waals surface area contributed by atoms with E-state index in [1.165, 1.54) is 51.4 Å². The molecule has 0 aliphatic heterocycles. The van der Waals surface area contributed by atoms with Gasteiger partial charge in [0.1, 0.15) is 5.60 Å². The van der Waals surface area contributed by atoms with Gasteiger partial charge in [-0.3, -0.25) is 4.79 Å². The third-order valence-electron chi connectivity index (χ3n) is 5.92. The molecule has 2 aliphatic carbocycles. The van der Waals surface area contributed by atoms with Gasteiger partial charge in [-0.25, -0.2) is 0 Å². The van der Waals surface area contributed by atoms with Crippen molar-refractivity contribution in [1.29, 1.82) is 0 Å². The van der Waals surface area contributed by atoms with Gasteiger partial charge in [0.25, 0.3) is 0 Å². The van der Waals surface area contributed by atoms with Crippen LogP contribution in [-0.4, -0.2) is 11.6 Å². The second-order valence-corrected chi connectivity index (χ2v) is 8.58. The molecule has 0 spiro atoms. The summed E-state index contributed by atoms with van der Waals surface area (Å²) in [6.07, 6.45) is 12.3. The topological polar surface area (TPSA) is 26.3 Å². The zero-order valence-corrected chi connectivity index (χ0v) is 15.2. The maximum Gasteiger partial charge on any atom is 0.309 e. The van der Waals surface area contributed by atoms with Crippen LogP contribution in [0.3, 0.4) is 0 Å². The lowest BCUT2D eigenvalue weighted by molar-refractivity contribution is -0.166. The van der Waals surface area contributed by atoms with Crippen molar-refractivity contribution in [3.05, 3.63) is 0 Å². The number of rotatable bonds is 6. The van der Waals surface area contributed by atoms with Crippen LogP contribution in [0.1, 0.15) is 91.9 Å². The average molecular weight is 309 g/mol. The molecule has 2 nitrogen and oxygen atoms in total. The highest BCUT2D eigenvalue weighted by atomic mass is 16.6. The van der Waals surface area contributed by atoms with Crippen molar-refractivity contribution < 1.29 is 9.53 Å². The third-order valence-corrected chi connectivity index (χ3v) is 5.92. The molecule has 0 aromatic rings. The monoisotopic (exact) mass is 308 g/mol. The zero-order valence-electron chi connectivity index (χ0n) is 15.2. The Morgan fingerprint density at radius 1 is 1.14 bits per heavy atom. The van der Waals surface area contributed by atoms with Crippen molar-refractivity contribution in [1.82, 2.24) is 0 Å². The van der Waals surface area contributed by atoms with Crippen LogP contribution in [0.5, 0.6) is 0 Å². The van der Waals surface area contributed by atoms with Gasteiger partial charge in [0.15, 0.2) is 0 Å². The lowest BCUT2D eigenvalue weighted by atomic mass is 9.75. The summed E-state index contributed by atoms with van der Waals surface area (Å²) in [5, 5.41) is 0. The molecular weight excluding hydrogens is 272 g/mol. The van der Waals surface area contributed by atoms with Gasteiger partial charge >= 0.3 is 5.97 Å². The van der Waals surface area contributed by atoms with Gasteiger partial charge < -0.3 is 4.74 Å². The van der Waals surface area contributed by atoms with Crippen LogP contribution in [0.4, 0.5) is 0 Å². The molecular formula is C20H36O2. The molecule has 2 fully saturated rings. The summed E-state index contributed by atoms with van der Waals surface area (Å²) in [7, 11) is 0. The van der Waals surface area contributed by atoms with Gasteiger partial charge in [-0.2, -0.15) is 0 Å². The fourth-order valence-electron chi connectivity index (χ4n) is 4.84. The average Bonchev–Trinajstić information content (AvgIpc) is 2.91. The summed E-state index contributed by atoms with van der Waals surface area (Å²) in [6.45, 7) is 8.70. The molecule has 0 radical (unpaired) electrons. The van der Waals surface area contributed by atoms with E-state index in [9.17, 15) is 4.79 Å². The SMILES string of the molecule is CCC(C(=O)OC(C)(C)CC1CCCC1)C1CCCC(C)C1. The fraction of sp³-hybridized carbons (Fsp3) is 0.950.